The summed E-state index contributed by atoms with van der Waals surface area (Å²) in [6.45, 7) is 2.68. The van der Waals surface area contributed by atoms with Crippen LogP contribution < -0.4 is 4.52 Å². The number of carbonyl (C=O) groups excluding carboxylic acids is 1. The Morgan fingerprint density at radius 2 is 1.95 bits per heavy atom. The van der Waals surface area contributed by atoms with Crippen molar-refractivity contribution in [2.24, 2.45) is 5.92 Å². The topological polar surface area (TPSA) is 112 Å². The second kappa shape index (κ2) is 12.2. The predicted molar refractivity (Wildman–Crippen MR) is 136 cm³/mol. The summed E-state index contributed by atoms with van der Waals surface area (Å²) < 4.78 is 66.4. The van der Waals surface area contributed by atoms with Crippen molar-refractivity contribution in [1.29, 1.82) is 0 Å². The van der Waals surface area contributed by atoms with Crippen molar-refractivity contribution in [2.75, 3.05) is 19.4 Å². The summed E-state index contributed by atoms with van der Waals surface area (Å²) in [5, 5.41) is 10.8. The second-order valence-electron chi connectivity index (χ2n) is 8.95. The van der Waals surface area contributed by atoms with Gasteiger partial charge in [0, 0.05) is 6.20 Å². The molecule has 1 aromatic carbocycles. The van der Waals surface area contributed by atoms with Crippen molar-refractivity contribution in [3.63, 3.8) is 0 Å². The zero-order valence-electron chi connectivity index (χ0n) is 20.4. The normalized spacial score (nSPS) is 26.0. The van der Waals surface area contributed by atoms with Crippen LogP contribution in [0.15, 0.2) is 42.6 Å². The fourth-order valence-corrected chi connectivity index (χ4v) is 6.05. The Balaban J connectivity index is 1.83. The molecule has 1 aliphatic heterocycles. The van der Waals surface area contributed by atoms with Crippen LogP contribution in [0.2, 0.25) is 0 Å². The molecule has 0 aliphatic carbocycles. The van der Waals surface area contributed by atoms with Gasteiger partial charge in [-0.25, -0.2) is 13.3 Å². The van der Waals surface area contributed by atoms with Gasteiger partial charge >= 0.3 is 13.6 Å². The van der Waals surface area contributed by atoms with Crippen LogP contribution in [0, 0.1) is 15.3 Å². The largest absolute Gasteiger partial charge is 0.463 e. The molecule has 3 rings (SSSR count). The SMILES string of the molecule is CC(C)OC(=O)[C@H](C)CP(=O)(OC[C@H]1O[C@@H](n2ccc(=S)[nH]c2=S)C(O)(CF)[C@H]1F)Oc1ccccc1. The molecule has 0 amide bonds. The summed E-state index contributed by atoms with van der Waals surface area (Å²) in [5.74, 6) is -1.30. The van der Waals surface area contributed by atoms with E-state index in [2.05, 4.69) is 4.98 Å². The van der Waals surface area contributed by atoms with Crippen LogP contribution in [0.25, 0.3) is 0 Å². The average molecular weight is 579 g/mol. The minimum atomic E-state index is -4.10. The number of halogens is 2. The molecule has 0 saturated carbocycles. The third-order valence-electron chi connectivity index (χ3n) is 5.53. The number of para-hydroxylation sites is 1. The number of carbonyl (C=O) groups is 1. The van der Waals surface area contributed by atoms with Gasteiger partial charge in [-0.15, -0.1) is 0 Å². The fourth-order valence-electron chi connectivity index (χ4n) is 3.70. The Hall–Kier alpha value is -2.02. The van der Waals surface area contributed by atoms with Crippen molar-refractivity contribution in [3.05, 3.63) is 52.0 Å². The van der Waals surface area contributed by atoms with Crippen LogP contribution in [0.4, 0.5) is 8.78 Å². The Morgan fingerprint density at radius 3 is 2.54 bits per heavy atom. The third-order valence-corrected chi connectivity index (χ3v) is 8.11. The first-order chi connectivity index (χ1) is 17.4. The molecule has 6 atom stereocenters. The molecule has 1 fully saturated rings. The summed E-state index contributed by atoms with van der Waals surface area (Å²) in [6.07, 6.45) is -4.81. The third kappa shape index (κ3) is 7.10. The van der Waals surface area contributed by atoms with Crippen LogP contribution in [-0.4, -0.2) is 64.1 Å². The van der Waals surface area contributed by atoms with Gasteiger partial charge in [0.2, 0.25) is 0 Å². The van der Waals surface area contributed by atoms with Gasteiger partial charge in [-0.1, -0.05) is 37.3 Å². The number of rotatable bonds is 11. The smallest absolute Gasteiger partial charge is 0.380 e. The Labute approximate surface area is 223 Å². The molecule has 204 valence electrons. The van der Waals surface area contributed by atoms with Gasteiger partial charge in [0.15, 0.2) is 22.8 Å². The van der Waals surface area contributed by atoms with Gasteiger partial charge < -0.3 is 24.1 Å². The van der Waals surface area contributed by atoms with E-state index in [4.69, 9.17) is 43.0 Å². The van der Waals surface area contributed by atoms with Crippen LogP contribution in [-0.2, 0) is 23.4 Å². The number of aliphatic hydroxyl groups is 1. The zero-order chi connectivity index (χ0) is 27.4. The van der Waals surface area contributed by atoms with E-state index in [9.17, 15) is 18.9 Å². The molecule has 2 heterocycles. The first-order valence-electron chi connectivity index (χ1n) is 11.5. The summed E-state index contributed by atoms with van der Waals surface area (Å²) in [7, 11) is -4.10. The first kappa shape index (κ1) is 29.5. The van der Waals surface area contributed by atoms with Crippen molar-refractivity contribution in [1.82, 2.24) is 9.55 Å². The van der Waals surface area contributed by atoms with Crippen molar-refractivity contribution in [2.45, 2.75) is 51.0 Å². The van der Waals surface area contributed by atoms with Crippen LogP contribution in [0.5, 0.6) is 5.75 Å². The van der Waals surface area contributed by atoms with Gasteiger partial charge in [-0.3, -0.25) is 13.9 Å². The highest BCUT2D eigenvalue weighted by Crippen LogP contribution is 2.51. The Kier molecular flexibility index (Phi) is 9.76. The van der Waals surface area contributed by atoms with Crippen molar-refractivity contribution < 1.29 is 41.8 Å². The van der Waals surface area contributed by atoms with Crippen LogP contribution in [0.3, 0.4) is 0 Å². The van der Waals surface area contributed by atoms with Crippen LogP contribution >= 0.6 is 32.0 Å². The van der Waals surface area contributed by atoms with E-state index in [1.165, 1.54) is 31.3 Å². The quantitative estimate of drug-likeness (QED) is 0.214. The molecule has 14 heteroatoms. The standard InChI is InChI=1S/C23H29F2N2O7PS2/c1-14(2)32-20(28)15(3)12-35(30,34-16-7-5-4-6-8-16)31-11-17-19(25)23(29,13-24)21(33-17)27-10-9-18(36)26-22(27)37/h4-10,14-15,17,19,21,29H,11-13H2,1-3H3,(H,26,36,37)/t15-,17-,19+,21-,23?,35?/m1/s1. The van der Waals surface area contributed by atoms with E-state index in [1.54, 1.807) is 32.0 Å². The van der Waals surface area contributed by atoms with E-state index in [-0.39, 0.29) is 21.3 Å². The number of nitrogens with one attached hydrogen (secondary N) is 1. The lowest BCUT2D eigenvalue weighted by Crippen LogP contribution is -2.47. The maximum atomic E-state index is 15.3. The minimum absolute atomic E-state index is 0.0197. The fraction of sp³-hybridized carbons (Fsp3) is 0.522. The molecule has 1 saturated heterocycles. The lowest BCUT2D eigenvalue weighted by atomic mass is 9.97. The lowest BCUT2D eigenvalue weighted by molar-refractivity contribution is -0.151. The molecule has 2 aromatic rings. The number of esters is 1. The van der Waals surface area contributed by atoms with E-state index in [1.807, 2.05) is 0 Å². The molecule has 1 aliphatic rings. The Morgan fingerprint density at radius 1 is 1.27 bits per heavy atom. The van der Waals surface area contributed by atoms with Gasteiger partial charge in [0.25, 0.3) is 0 Å². The molecule has 2 N–H and O–H groups in total. The van der Waals surface area contributed by atoms with Crippen molar-refractivity contribution in [3.8, 4) is 5.75 Å². The number of aromatic amines is 1. The summed E-state index contributed by atoms with van der Waals surface area (Å²) >= 11 is 10.2. The summed E-state index contributed by atoms with van der Waals surface area (Å²) in [5.41, 5.74) is -2.61. The number of hydrogen-bond acceptors (Lipinski definition) is 9. The maximum absolute atomic E-state index is 15.3. The number of alkyl halides is 2. The van der Waals surface area contributed by atoms with Crippen LogP contribution in [0.1, 0.15) is 27.0 Å². The van der Waals surface area contributed by atoms with E-state index >= 15 is 4.39 Å². The van der Waals surface area contributed by atoms with Gasteiger partial charge in [0.1, 0.15) is 23.2 Å². The molecular weight excluding hydrogens is 549 g/mol. The molecule has 37 heavy (non-hydrogen) atoms. The number of nitrogens with zero attached hydrogens (tertiary/aromatic N) is 1. The lowest BCUT2D eigenvalue weighted by Gasteiger charge is -2.28. The van der Waals surface area contributed by atoms with E-state index in [0.717, 1.165) is 4.57 Å². The Bertz CT molecular complexity index is 1250. The van der Waals surface area contributed by atoms with E-state index < -0.39 is 63.0 Å². The number of hydrogen-bond donors (Lipinski definition) is 2. The summed E-state index contributed by atoms with van der Waals surface area (Å²) in [6, 6.07) is 9.51. The van der Waals surface area contributed by atoms with Gasteiger partial charge in [-0.2, -0.15) is 0 Å². The molecule has 1 aromatic heterocycles. The average Bonchev–Trinajstić information content (AvgIpc) is 3.08. The number of H-pyrrole nitrogens is 1. The molecule has 9 nitrogen and oxygen atoms in total. The van der Waals surface area contributed by atoms with Gasteiger partial charge in [0.05, 0.1) is 24.8 Å². The summed E-state index contributed by atoms with van der Waals surface area (Å²) in [4.78, 5) is 15.0. The van der Waals surface area contributed by atoms with E-state index in [0.29, 0.717) is 0 Å². The number of benzene rings is 1. The minimum Gasteiger partial charge on any atom is -0.463 e. The second-order valence-corrected chi connectivity index (χ2v) is 11.8. The highest BCUT2D eigenvalue weighted by atomic mass is 32.1. The number of ether oxygens (including phenoxy) is 2. The van der Waals surface area contributed by atoms with Gasteiger partial charge in [-0.05, 0) is 44.3 Å². The molecule has 2 unspecified atom stereocenters. The highest BCUT2D eigenvalue weighted by molar-refractivity contribution is 7.72. The number of aromatic nitrogens is 2. The van der Waals surface area contributed by atoms with Crippen molar-refractivity contribution >= 4 is 38.0 Å². The molecule has 0 radical (unpaired) electrons. The molecule has 0 bridgehead atoms. The maximum Gasteiger partial charge on any atom is 0.380 e. The predicted octanol–water partition coefficient (Wildman–Crippen LogP) is 5.09. The first-order valence-corrected chi connectivity index (χ1v) is 14.0. The molecule has 0 spiro atoms. The molecular formula is C23H29F2N2O7PS2. The zero-order valence-corrected chi connectivity index (χ0v) is 22.9. The monoisotopic (exact) mass is 578 g/mol. The highest BCUT2D eigenvalue weighted by Gasteiger charge is 2.58.